The number of para-hydroxylation sites is 2. The molecule has 4 aromatic rings. The fourth-order valence-electron chi connectivity index (χ4n) is 6.31. The topological polar surface area (TPSA) is 49.8 Å². The number of nitrogens with zero attached hydrogens (tertiary/aromatic N) is 2. The molecule has 366 valence electrons. The summed E-state index contributed by atoms with van der Waals surface area (Å²) in [5, 5.41) is 8.01. The van der Waals surface area contributed by atoms with E-state index in [4.69, 9.17) is 4.98 Å². The molecular weight excluding hydrogens is 939 g/mol. The summed E-state index contributed by atoms with van der Waals surface area (Å²) in [6.45, 7) is 37.4. The molecule has 0 aliphatic heterocycles. The Morgan fingerprint density at radius 2 is 0.841 bits per heavy atom. The zero-order valence-electron chi connectivity index (χ0n) is 44.0. The van der Waals surface area contributed by atoms with E-state index in [1.165, 1.54) is 80.0 Å². The second-order valence-corrected chi connectivity index (χ2v) is 27.0. The molecule has 2 aromatic heterocycles. The molecular formula is C57H107BrN4Sn. The van der Waals surface area contributed by atoms with Crippen molar-refractivity contribution in [3.8, 4) is 0 Å². The number of unbranched alkanes of at least 4 members (excludes halogenated alkanes) is 3. The van der Waals surface area contributed by atoms with E-state index in [-0.39, 0.29) is 7.43 Å². The largest absolute Gasteiger partial charge is 0.385 e. The van der Waals surface area contributed by atoms with Crippen LogP contribution >= 0.6 is 15.9 Å². The molecule has 0 atom stereocenters. The third kappa shape index (κ3) is 37.5. The molecule has 63 heavy (non-hydrogen) atoms. The van der Waals surface area contributed by atoms with Crippen molar-refractivity contribution in [2.45, 2.75) is 209 Å². The van der Waals surface area contributed by atoms with Crippen molar-refractivity contribution in [1.29, 1.82) is 0 Å². The summed E-state index contributed by atoms with van der Waals surface area (Å²) >= 11 is 1.21. The molecule has 0 saturated heterocycles. The molecule has 2 heterocycles. The number of pyridine rings is 2. The summed E-state index contributed by atoms with van der Waals surface area (Å²) in [7, 11) is 0. The first-order valence-corrected chi connectivity index (χ1v) is 34.2. The molecule has 0 spiro atoms. The molecule has 6 heteroatoms. The molecule has 4 rings (SSSR count). The van der Waals surface area contributed by atoms with Gasteiger partial charge in [0.05, 0.1) is 0 Å². The zero-order valence-corrected chi connectivity index (χ0v) is 48.5. The molecule has 0 radical (unpaired) electrons. The van der Waals surface area contributed by atoms with Crippen molar-refractivity contribution in [3.63, 3.8) is 0 Å². The van der Waals surface area contributed by atoms with Crippen LogP contribution < -0.4 is 14.3 Å². The predicted molar refractivity (Wildman–Crippen MR) is 303 cm³/mol. The van der Waals surface area contributed by atoms with Gasteiger partial charge in [0.15, 0.2) is 0 Å². The summed E-state index contributed by atoms with van der Waals surface area (Å²) in [6.07, 6.45) is 17.6. The Kier molecular flexibility index (Phi) is 68.3. The molecule has 0 bridgehead atoms. The van der Waals surface area contributed by atoms with Gasteiger partial charge in [-0.25, -0.2) is 0 Å². The number of benzene rings is 2. The van der Waals surface area contributed by atoms with E-state index in [9.17, 15) is 0 Å². The van der Waals surface area contributed by atoms with E-state index in [0.29, 0.717) is 0 Å². The van der Waals surface area contributed by atoms with Gasteiger partial charge in [-0.2, -0.15) is 0 Å². The van der Waals surface area contributed by atoms with Gasteiger partial charge < -0.3 is 10.6 Å². The number of hydrogen-bond acceptors (Lipinski definition) is 4. The SMILES string of the molecule is C.CC.CC.CC.CC.CC.CC.CCC[CH2][Sn]([CH2]CCC)([CH2]CCC)[c]1ccccn1.CCc1ccccc1NCCCBr.CCc1ccccc1NCCCc1ccccn1. The molecule has 2 N–H and O–H groups in total. The van der Waals surface area contributed by atoms with Crippen LogP contribution in [0.1, 0.15) is 193 Å². The van der Waals surface area contributed by atoms with Crippen molar-refractivity contribution >= 4 is 49.4 Å². The van der Waals surface area contributed by atoms with Crippen molar-refractivity contribution in [2.75, 3.05) is 29.1 Å². The number of nitrogens with one attached hydrogen (secondary N) is 2. The fraction of sp³-hybridized carbons (Fsp3) is 0.614. The summed E-state index contributed by atoms with van der Waals surface area (Å²) in [5.74, 6) is 0. The summed E-state index contributed by atoms with van der Waals surface area (Å²) in [4.78, 5) is 9.13. The molecule has 0 aliphatic carbocycles. The monoisotopic (exact) mass is 1050 g/mol. The van der Waals surface area contributed by atoms with Crippen LogP contribution in [0.15, 0.2) is 97.3 Å². The molecule has 2 aromatic carbocycles. The van der Waals surface area contributed by atoms with Gasteiger partial charge in [-0.15, -0.1) is 0 Å². The molecule has 0 amide bonds. The van der Waals surface area contributed by atoms with Crippen LogP contribution in [-0.2, 0) is 19.3 Å². The van der Waals surface area contributed by atoms with Crippen LogP contribution in [0.3, 0.4) is 0 Å². The Bertz CT molecular complexity index is 1350. The van der Waals surface area contributed by atoms with E-state index >= 15 is 0 Å². The van der Waals surface area contributed by atoms with Crippen molar-refractivity contribution in [1.82, 2.24) is 9.97 Å². The third-order valence-corrected chi connectivity index (χ3v) is 25.0. The molecule has 0 fully saturated rings. The summed E-state index contributed by atoms with van der Waals surface area (Å²) < 4.78 is 6.10. The van der Waals surface area contributed by atoms with E-state index in [2.05, 4.69) is 139 Å². The van der Waals surface area contributed by atoms with Crippen molar-refractivity contribution < 1.29 is 0 Å². The van der Waals surface area contributed by atoms with Crippen molar-refractivity contribution in [2.24, 2.45) is 0 Å². The average Bonchev–Trinajstić information content (AvgIpc) is 3.38. The Labute approximate surface area is 408 Å². The first-order valence-electron chi connectivity index (χ1n) is 25.6. The van der Waals surface area contributed by atoms with Crippen LogP contribution in [0.25, 0.3) is 0 Å². The minimum Gasteiger partial charge on any atom is -0.385 e. The number of rotatable bonds is 21. The van der Waals surface area contributed by atoms with Crippen molar-refractivity contribution in [3.05, 3.63) is 114 Å². The first-order chi connectivity index (χ1) is 30.6. The standard InChI is InChI=1S/C16H20N2.C11H16BrN.C5H4N.3C4H9.6C2H6.CH4.Sn/c1-2-14-8-3-4-11-16(14)18-13-7-10-15-9-5-6-12-17-15;1-2-10-6-3-4-7-11(10)13-9-5-8-12;1-2-4-6-5-3-1;3*1-3-4-2;6*1-2;;/h3-6,8-9,11-12,18H,2,7,10,13H2,1H3;3-4,6-7,13H,2,5,8-9H2,1H3;1-4H;3*1,3-4H2,2H3;6*1-2H3;1H4;. The maximum Gasteiger partial charge on any atom is 0.0404 e. The number of aromatic nitrogens is 2. The second kappa shape index (κ2) is 59.6. The molecule has 4 nitrogen and oxygen atoms in total. The number of alkyl halides is 1. The van der Waals surface area contributed by atoms with E-state index in [1.54, 1.807) is 3.71 Å². The van der Waals surface area contributed by atoms with E-state index < -0.39 is 18.4 Å². The van der Waals surface area contributed by atoms with Crippen LogP contribution in [0.2, 0.25) is 13.3 Å². The van der Waals surface area contributed by atoms with Gasteiger partial charge in [-0.05, 0) is 67.5 Å². The van der Waals surface area contributed by atoms with Crippen LogP contribution in [0.5, 0.6) is 0 Å². The van der Waals surface area contributed by atoms with Crippen LogP contribution in [0, 0.1) is 0 Å². The maximum absolute atomic E-state index is 4.80. The molecule has 0 aliphatic rings. The zero-order chi connectivity index (χ0) is 48.1. The second-order valence-electron chi connectivity index (χ2n) is 13.1. The third-order valence-electron chi connectivity index (χ3n) is 9.31. The van der Waals surface area contributed by atoms with Gasteiger partial charge in [0.2, 0.25) is 0 Å². The maximum atomic E-state index is 4.80. The Hall–Kier alpha value is -2.38. The average molecular weight is 1050 g/mol. The Morgan fingerprint density at radius 1 is 0.460 bits per heavy atom. The van der Waals surface area contributed by atoms with E-state index in [0.717, 1.165) is 50.5 Å². The van der Waals surface area contributed by atoms with Gasteiger partial charge >= 0.3 is 124 Å². The number of anilines is 2. The van der Waals surface area contributed by atoms with Gasteiger partial charge in [-0.1, -0.05) is 163 Å². The van der Waals surface area contributed by atoms with Crippen LogP contribution in [-0.4, -0.2) is 46.8 Å². The van der Waals surface area contributed by atoms with E-state index in [1.807, 2.05) is 108 Å². The summed E-state index contributed by atoms with van der Waals surface area (Å²) in [5.41, 5.74) is 6.50. The predicted octanol–water partition coefficient (Wildman–Crippen LogP) is 19.1. The number of halogens is 1. The summed E-state index contributed by atoms with van der Waals surface area (Å²) in [6, 6.07) is 29.7. The van der Waals surface area contributed by atoms with Gasteiger partial charge in [0, 0.05) is 41.7 Å². The smallest absolute Gasteiger partial charge is 0.0404 e. The molecule has 0 saturated carbocycles. The fourth-order valence-corrected chi connectivity index (χ4v) is 22.0. The van der Waals surface area contributed by atoms with Gasteiger partial charge in [0.25, 0.3) is 0 Å². The number of hydrogen-bond donors (Lipinski definition) is 2. The van der Waals surface area contributed by atoms with Gasteiger partial charge in [-0.3, -0.25) is 4.98 Å². The van der Waals surface area contributed by atoms with Crippen LogP contribution in [0.4, 0.5) is 11.4 Å². The normalized spacial score (nSPS) is 9.11. The minimum atomic E-state index is -2.21. The molecule has 0 unspecified atom stereocenters. The minimum absolute atomic E-state index is 0. The Balaban J connectivity index is -0.000000173. The first kappa shape index (κ1) is 72.2. The number of aryl methyl sites for hydroxylation is 3. The van der Waals surface area contributed by atoms with Gasteiger partial charge in [0.1, 0.15) is 0 Å². The Morgan fingerprint density at radius 3 is 1.19 bits per heavy atom. The quantitative estimate of drug-likeness (QED) is 0.0496.